The minimum atomic E-state index is -0.304. The summed E-state index contributed by atoms with van der Waals surface area (Å²) in [5, 5.41) is 0. The SMILES string of the molecule is CSCC(C)(C)/N=C1\OC(=O)c2cccc(I)c21. The molecule has 0 unspecified atom stereocenters. The van der Waals surface area contributed by atoms with Gasteiger partial charge in [0.1, 0.15) is 0 Å². The van der Waals surface area contributed by atoms with E-state index in [9.17, 15) is 4.79 Å². The van der Waals surface area contributed by atoms with Crippen molar-refractivity contribution in [2.45, 2.75) is 19.4 Å². The maximum atomic E-state index is 11.8. The van der Waals surface area contributed by atoms with Gasteiger partial charge in [0.2, 0.25) is 5.90 Å². The molecular weight excluding hydrogens is 361 g/mol. The van der Waals surface area contributed by atoms with Gasteiger partial charge < -0.3 is 4.74 Å². The van der Waals surface area contributed by atoms with E-state index in [4.69, 9.17) is 4.74 Å². The van der Waals surface area contributed by atoms with E-state index >= 15 is 0 Å². The molecule has 0 bridgehead atoms. The topological polar surface area (TPSA) is 38.7 Å². The van der Waals surface area contributed by atoms with Crippen LogP contribution in [0.5, 0.6) is 0 Å². The van der Waals surface area contributed by atoms with E-state index in [0.29, 0.717) is 11.5 Å². The fraction of sp³-hybridized carbons (Fsp3) is 0.385. The van der Waals surface area contributed by atoms with Crippen LogP contribution < -0.4 is 0 Å². The smallest absolute Gasteiger partial charge is 0.345 e. The lowest BCUT2D eigenvalue weighted by Crippen LogP contribution is -2.23. The van der Waals surface area contributed by atoms with Gasteiger partial charge in [-0.05, 0) is 54.8 Å². The molecule has 2 rings (SSSR count). The van der Waals surface area contributed by atoms with Crippen LogP contribution in [0.4, 0.5) is 0 Å². The van der Waals surface area contributed by atoms with E-state index in [1.165, 1.54) is 0 Å². The molecule has 3 nitrogen and oxygen atoms in total. The van der Waals surface area contributed by atoms with E-state index in [2.05, 4.69) is 27.6 Å². The first-order valence-corrected chi connectivity index (χ1v) is 8.02. The maximum absolute atomic E-state index is 11.8. The van der Waals surface area contributed by atoms with Crippen molar-refractivity contribution in [3.63, 3.8) is 0 Å². The van der Waals surface area contributed by atoms with Crippen LogP contribution in [0.2, 0.25) is 0 Å². The molecule has 0 saturated heterocycles. The average Bonchev–Trinajstić information content (AvgIpc) is 2.56. The number of carbonyl (C=O) groups excluding carboxylic acids is 1. The second-order valence-corrected chi connectivity index (χ2v) is 6.74. The van der Waals surface area contributed by atoms with Crippen molar-refractivity contribution in [3.8, 4) is 0 Å². The quantitative estimate of drug-likeness (QED) is 0.601. The Morgan fingerprint density at radius 3 is 2.83 bits per heavy atom. The number of esters is 1. The van der Waals surface area contributed by atoms with Gasteiger partial charge in [0.05, 0.1) is 16.7 Å². The van der Waals surface area contributed by atoms with Crippen LogP contribution in [-0.4, -0.2) is 29.4 Å². The summed E-state index contributed by atoms with van der Waals surface area (Å²) in [5.74, 6) is 1.04. The molecule has 0 radical (unpaired) electrons. The van der Waals surface area contributed by atoms with Crippen molar-refractivity contribution >= 4 is 46.2 Å². The highest BCUT2D eigenvalue weighted by molar-refractivity contribution is 14.1. The van der Waals surface area contributed by atoms with Gasteiger partial charge in [0, 0.05) is 9.32 Å². The third-order valence-corrected chi connectivity index (χ3v) is 4.43. The summed E-state index contributed by atoms with van der Waals surface area (Å²) < 4.78 is 6.29. The fourth-order valence-corrected chi connectivity index (χ4v) is 3.34. The number of aliphatic imine (C=N–C) groups is 1. The Morgan fingerprint density at radius 2 is 2.17 bits per heavy atom. The number of cyclic esters (lactones) is 1. The van der Waals surface area contributed by atoms with E-state index in [-0.39, 0.29) is 11.5 Å². The molecule has 0 fully saturated rings. The number of halogens is 1. The van der Waals surface area contributed by atoms with Crippen LogP contribution in [0.15, 0.2) is 23.2 Å². The van der Waals surface area contributed by atoms with Gasteiger partial charge in [-0.3, -0.25) is 0 Å². The van der Waals surface area contributed by atoms with Gasteiger partial charge in [0.25, 0.3) is 0 Å². The Morgan fingerprint density at radius 1 is 1.44 bits per heavy atom. The highest BCUT2D eigenvalue weighted by Gasteiger charge is 2.31. The Hall–Kier alpha value is -0.560. The van der Waals surface area contributed by atoms with Gasteiger partial charge in [-0.15, -0.1) is 0 Å². The number of benzene rings is 1. The molecule has 0 spiro atoms. The van der Waals surface area contributed by atoms with Crippen LogP contribution in [-0.2, 0) is 4.74 Å². The number of fused-ring (bicyclic) bond motifs is 1. The number of hydrogen-bond acceptors (Lipinski definition) is 4. The van der Waals surface area contributed by atoms with E-state index in [1.54, 1.807) is 17.8 Å². The second-order valence-electron chi connectivity index (χ2n) is 4.71. The number of carbonyl (C=O) groups is 1. The predicted molar refractivity (Wildman–Crippen MR) is 83.6 cm³/mol. The first-order valence-electron chi connectivity index (χ1n) is 5.54. The molecule has 0 N–H and O–H groups in total. The van der Waals surface area contributed by atoms with Crippen molar-refractivity contribution < 1.29 is 9.53 Å². The normalized spacial score (nSPS) is 16.9. The van der Waals surface area contributed by atoms with Crippen molar-refractivity contribution in [1.82, 2.24) is 0 Å². The van der Waals surface area contributed by atoms with Crippen molar-refractivity contribution in [2.24, 2.45) is 4.99 Å². The van der Waals surface area contributed by atoms with E-state index < -0.39 is 0 Å². The Kier molecular flexibility index (Phi) is 4.01. The first-order chi connectivity index (χ1) is 8.44. The number of ether oxygens (including phenoxy) is 1. The molecule has 1 heterocycles. The third kappa shape index (κ3) is 2.71. The van der Waals surface area contributed by atoms with Crippen LogP contribution in [0.3, 0.4) is 0 Å². The summed E-state index contributed by atoms with van der Waals surface area (Å²) in [5.41, 5.74) is 1.20. The molecule has 18 heavy (non-hydrogen) atoms. The van der Waals surface area contributed by atoms with E-state index in [0.717, 1.165) is 14.9 Å². The molecule has 1 aliphatic heterocycles. The minimum Gasteiger partial charge on any atom is -0.403 e. The zero-order valence-electron chi connectivity index (χ0n) is 10.5. The summed E-state index contributed by atoms with van der Waals surface area (Å²) in [6.07, 6.45) is 2.04. The van der Waals surface area contributed by atoms with Crippen molar-refractivity contribution in [3.05, 3.63) is 32.9 Å². The number of nitrogens with zero attached hydrogens (tertiary/aromatic N) is 1. The van der Waals surface area contributed by atoms with Crippen molar-refractivity contribution in [1.29, 1.82) is 0 Å². The maximum Gasteiger partial charge on any atom is 0.345 e. The molecule has 5 heteroatoms. The van der Waals surface area contributed by atoms with Crippen LogP contribution in [0.25, 0.3) is 0 Å². The standard InChI is InChI=1S/C13H14INO2S/c1-13(2,7-18-3)15-11-10-8(12(16)17-11)5-4-6-9(10)14/h4-6H,7H2,1-3H3/b15-11-. The van der Waals surface area contributed by atoms with Crippen molar-refractivity contribution in [2.75, 3.05) is 12.0 Å². The number of thioether (sulfide) groups is 1. The lowest BCUT2D eigenvalue weighted by molar-refractivity contribution is 0.0736. The molecule has 1 aromatic carbocycles. The second kappa shape index (κ2) is 5.21. The number of hydrogen-bond donors (Lipinski definition) is 0. The molecule has 0 saturated carbocycles. The first kappa shape index (κ1) is 13.9. The summed E-state index contributed by atoms with van der Waals surface area (Å²) in [4.78, 5) is 16.4. The fourth-order valence-electron chi connectivity index (χ4n) is 1.84. The molecule has 0 atom stereocenters. The Balaban J connectivity index is 2.46. The number of rotatable bonds is 3. The highest BCUT2D eigenvalue weighted by atomic mass is 127. The van der Waals surface area contributed by atoms with Gasteiger partial charge >= 0.3 is 5.97 Å². The van der Waals surface area contributed by atoms with Crippen LogP contribution in [0.1, 0.15) is 29.8 Å². The summed E-state index contributed by atoms with van der Waals surface area (Å²) in [6.45, 7) is 4.08. The largest absolute Gasteiger partial charge is 0.403 e. The van der Waals surface area contributed by atoms with Crippen LogP contribution in [0, 0.1) is 3.57 Å². The van der Waals surface area contributed by atoms with Gasteiger partial charge in [-0.2, -0.15) is 11.8 Å². The average molecular weight is 375 g/mol. The molecule has 0 aliphatic carbocycles. The third-order valence-electron chi connectivity index (χ3n) is 2.54. The van der Waals surface area contributed by atoms with Gasteiger partial charge in [0.15, 0.2) is 0 Å². The monoisotopic (exact) mass is 375 g/mol. The lowest BCUT2D eigenvalue weighted by Gasteiger charge is -2.18. The Bertz CT molecular complexity index is 526. The molecule has 96 valence electrons. The Labute approximate surface area is 125 Å². The van der Waals surface area contributed by atoms with Crippen LogP contribution >= 0.6 is 34.4 Å². The van der Waals surface area contributed by atoms with E-state index in [1.807, 2.05) is 32.2 Å². The summed E-state index contributed by atoms with van der Waals surface area (Å²) >= 11 is 3.93. The molecule has 1 aliphatic rings. The zero-order chi connectivity index (χ0) is 13.3. The minimum absolute atomic E-state index is 0.241. The zero-order valence-corrected chi connectivity index (χ0v) is 13.5. The van der Waals surface area contributed by atoms with Gasteiger partial charge in [-0.1, -0.05) is 6.07 Å². The molecule has 1 aromatic rings. The molecular formula is C13H14INO2S. The summed E-state index contributed by atoms with van der Waals surface area (Å²) in [7, 11) is 0. The molecule has 0 amide bonds. The highest BCUT2D eigenvalue weighted by Crippen LogP contribution is 2.27. The lowest BCUT2D eigenvalue weighted by atomic mass is 10.1. The predicted octanol–water partition coefficient (Wildman–Crippen LogP) is 3.35. The molecule has 0 aromatic heterocycles. The summed E-state index contributed by atoms with van der Waals surface area (Å²) in [6, 6.07) is 5.60. The van der Waals surface area contributed by atoms with Gasteiger partial charge in [-0.25, -0.2) is 9.79 Å².